The molecule has 1 amide bonds. The molecule has 112 valence electrons. The van der Waals surface area contributed by atoms with E-state index in [9.17, 15) is 4.79 Å². The van der Waals surface area contributed by atoms with Gasteiger partial charge in [0.1, 0.15) is 6.04 Å². The van der Waals surface area contributed by atoms with Gasteiger partial charge >= 0.3 is 0 Å². The number of benzene rings is 2. The number of nitriles is 1. The van der Waals surface area contributed by atoms with Gasteiger partial charge in [-0.25, -0.2) is 0 Å². The van der Waals surface area contributed by atoms with Gasteiger partial charge in [-0.15, -0.1) is 0 Å². The highest BCUT2D eigenvalue weighted by atomic mass is 16.2. The number of aryl methyl sites for hydroxylation is 1. The van der Waals surface area contributed by atoms with E-state index in [1.807, 2.05) is 39.0 Å². The molecule has 0 heterocycles. The van der Waals surface area contributed by atoms with Crippen molar-refractivity contribution in [1.82, 2.24) is 0 Å². The van der Waals surface area contributed by atoms with E-state index >= 15 is 0 Å². The van der Waals surface area contributed by atoms with E-state index in [1.165, 1.54) is 5.56 Å². The molecule has 2 rings (SSSR count). The second-order valence-electron chi connectivity index (χ2n) is 5.30. The SMILES string of the molecule is Cc1cccc(N[C@H](C)C(=O)Nc2cccc(C#N)c2)c1C. The molecule has 1 atom stereocenters. The molecule has 2 aromatic carbocycles. The summed E-state index contributed by atoms with van der Waals surface area (Å²) in [6.07, 6.45) is 0. The Morgan fingerprint density at radius 2 is 1.91 bits per heavy atom. The number of nitrogens with zero attached hydrogens (tertiary/aromatic N) is 1. The van der Waals surface area contributed by atoms with E-state index in [0.29, 0.717) is 11.3 Å². The fraction of sp³-hybridized carbons (Fsp3) is 0.222. The smallest absolute Gasteiger partial charge is 0.246 e. The number of amides is 1. The van der Waals surface area contributed by atoms with Crippen molar-refractivity contribution in [2.75, 3.05) is 10.6 Å². The first kappa shape index (κ1) is 15.6. The number of hydrogen-bond acceptors (Lipinski definition) is 3. The molecule has 0 saturated heterocycles. The van der Waals surface area contributed by atoms with Crippen LogP contribution in [0.25, 0.3) is 0 Å². The van der Waals surface area contributed by atoms with Crippen molar-refractivity contribution in [3.05, 3.63) is 59.2 Å². The number of nitrogens with one attached hydrogen (secondary N) is 2. The maximum absolute atomic E-state index is 12.3. The Balaban J connectivity index is 2.06. The van der Waals surface area contributed by atoms with E-state index < -0.39 is 0 Å². The van der Waals surface area contributed by atoms with Crippen molar-refractivity contribution < 1.29 is 4.79 Å². The first-order chi connectivity index (χ1) is 10.5. The monoisotopic (exact) mass is 293 g/mol. The summed E-state index contributed by atoms with van der Waals surface area (Å²) < 4.78 is 0. The molecule has 0 aliphatic heterocycles. The molecule has 4 heteroatoms. The quantitative estimate of drug-likeness (QED) is 0.905. The van der Waals surface area contributed by atoms with Crippen molar-refractivity contribution >= 4 is 17.3 Å². The summed E-state index contributed by atoms with van der Waals surface area (Å²) >= 11 is 0. The summed E-state index contributed by atoms with van der Waals surface area (Å²) in [4.78, 5) is 12.3. The van der Waals surface area contributed by atoms with E-state index in [-0.39, 0.29) is 11.9 Å². The minimum absolute atomic E-state index is 0.143. The lowest BCUT2D eigenvalue weighted by Gasteiger charge is -2.18. The predicted octanol–water partition coefficient (Wildman–Crippen LogP) is 3.61. The van der Waals surface area contributed by atoms with Crippen molar-refractivity contribution in [1.29, 1.82) is 5.26 Å². The molecule has 0 fully saturated rings. The zero-order valence-electron chi connectivity index (χ0n) is 13.0. The molecule has 22 heavy (non-hydrogen) atoms. The zero-order chi connectivity index (χ0) is 16.1. The van der Waals surface area contributed by atoms with Crippen LogP contribution in [0.3, 0.4) is 0 Å². The predicted molar refractivity (Wildman–Crippen MR) is 88.8 cm³/mol. The molecule has 0 aliphatic carbocycles. The summed E-state index contributed by atoms with van der Waals surface area (Å²) in [6, 6.07) is 14.5. The molecule has 0 bridgehead atoms. The van der Waals surface area contributed by atoms with Crippen LogP contribution in [0.5, 0.6) is 0 Å². The van der Waals surface area contributed by atoms with Crippen LogP contribution in [0.15, 0.2) is 42.5 Å². The van der Waals surface area contributed by atoms with Crippen LogP contribution < -0.4 is 10.6 Å². The Hall–Kier alpha value is -2.80. The van der Waals surface area contributed by atoms with Gasteiger partial charge in [-0.2, -0.15) is 5.26 Å². The van der Waals surface area contributed by atoms with E-state index in [0.717, 1.165) is 11.3 Å². The van der Waals surface area contributed by atoms with Gasteiger partial charge in [-0.1, -0.05) is 18.2 Å². The maximum Gasteiger partial charge on any atom is 0.246 e. The number of anilines is 2. The third-order valence-corrected chi connectivity index (χ3v) is 3.63. The largest absolute Gasteiger partial charge is 0.374 e. The molecule has 2 aromatic rings. The van der Waals surface area contributed by atoms with Crippen molar-refractivity contribution in [2.45, 2.75) is 26.8 Å². The minimum Gasteiger partial charge on any atom is -0.374 e. The number of hydrogen-bond donors (Lipinski definition) is 2. The Morgan fingerprint density at radius 3 is 2.64 bits per heavy atom. The summed E-state index contributed by atoms with van der Waals surface area (Å²) in [6.45, 7) is 5.88. The topological polar surface area (TPSA) is 64.9 Å². The first-order valence-electron chi connectivity index (χ1n) is 7.15. The summed E-state index contributed by atoms with van der Waals surface area (Å²) in [5, 5.41) is 14.9. The average molecular weight is 293 g/mol. The second-order valence-corrected chi connectivity index (χ2v) is 5.30. The van der Waals surface area contributed by atoms with E-state index in [2.05, 4.69) is 16.7 Å². The normalized spacial score (nSPS) is 11.4. The fourth-order valence-electron chi connectivity index (χ4n) is 2.12. The van der Waals surface area contributed by atoms with Gasteiger partial charge in [0, 0.05) is 11.4 Å². The summed E-state index contributed by atoms with van der Waals surface area (Å²) in [7, 11) is 0. The van der Waals surface area contributed by atoms with Crippen molar-refractivity contribution in [2.24, 2.45) is 0 Å². The van der Waals surface area contributed by atoms with Crippen molar-refractivity contribution in [3.8, 4) is 6.07 Å². The van der Waals surface area contributed by atoms with Gasteiger partial charge in [0.05, 0.1) is 11.6 Å². The molecule has 0 spiro atoms. The summed E-state index contributed by atoms with van der Waals surface area (Å²) in [5.74, 6) is -0.143. The van der Waals surface area contributed by atoms with Gasteiger partial charge in [0.25, 0.3) is 0 Å². The third-order valence-electron chi connectivity index (χ3n) is 3.63. The molecule has 0 aromatic heterocycles. The third kappa shape index (κ3) is 3.64. The van der Waals surface area contributed by atoms with Crippen molar-refractivity contribution in [3.63, 3.8) is 0 Å². The highest BCUT2D eigenvalue weighted by Gasteiger charge is 2.14. The summed E-state index contributed by atoms with van der Waals surface area (Å²) in [5.41, 5.74) is 4.41. The van der Waals surface area contributed by atoms with Crippen LogP contribution in [-0.2, 0) is 4.79 Å². The Labute approximate surface area is 130 Å². The lowest BCUT2D eigenvalue weighted by atomic mass is 10.1. The second kappa shape index (κ2) is 6.77. The van der Waals surface area contributed by atoms with Crippen LogP contribution in [0.2, 0.25) is 0 Å². The minimum atomic E-state index is -0.383. The van der Waals surface area contributed by atoms with Crippen LogP contribution in [-0.4, -0.2) is 11.9 Å². The molecule has 0 radical (unpaired) electrons. The van der Waals surface area contributed by atoms with Gasteiger partial charge in [0.15, 0.2) is 0 Å². The Bertz CT molecular complexity index is 731. The standard InChI is InChI=1S/C18H19N3O/c1-12-6-4-9-17(13(12)2)20-14(3)18(22)21-16-8-5-7-15(10-16)11-19/h4-10,14,20H,1-3H3,(H,21,22)/t14-/m1/s1. The van der Waals surface area contributed by atoms with Crippen LogP contribution in [0.1, 0.15) is 23.6 Å². The van der Waals surface area contributed by atoms with Gasteiger partial charge in [-0.3, -0.25) is 4.79 Å². The maximum atomic E-state index is 12.3. The Morgan fingerprint density at radius 1 is 1.18 bits per heavy atom. The lowest BCUT2D eigenvalue weighted by molar-refractivity contribution is -0.116. The first-order valence-corrected chi connectivity index (χ1v) is 7.15. The molecule has 0 aliphatic rings. The molecular formula is C18H19N3O. The van der Waals surface area contributed by atoms with Gasteiger partial charge < -0.3 is 10.6 Å². The average Bonchev–Trinajstić information content (AvgIpc) is 2.52. The number of rotatable bonds is 4. The van der Waals surface area contributed by atoms with Crippen LogP contribution >= 0.6 is 0 Å². The number of carbonyl (C=O) groups excluding carboxylic acids is 1. The van der Waals surface area contributed by atoms with Crippen LogP contribution in [0, 0.1) is 25.2 Å². The van der Waals surface area contributed by atoms with E-state index in [1.54, 1.807) is 24.3 Å². The highest BCUT2D eigenvalue weighted by Crippen LogP contribution is 2.19. The molecular weight excluding hydrogens is 274 g/mol. The number of carbonyl (C=O) groups is 1. The van der Waals surface area contributed by atoms with Gasteiger partial charge in [-0.05, 0) is 56.2 Å². The molecule has 0 unspecified atom stereocenters. The zero-order valence-corrected chi connectivity index (χ0v) is 13.0. The highest BCUT2D eigenvalue weighted by molar-refractivity contribution is 5.96. The molecule has 4 nitrogen and oxygen atoms in total. The lowest BCUT2D eigenvalue weighted by Crippen LogP contribution is -2.32. The van der Waals surface area contributed by atoms with E-state index in [4.69, 9.17) is 5.26 Å². The van der Waals surface area contributed by atoms with Crippen LogP contribution in [0.4, 0.5) is 11.4 Å². The molecule has 0 saturated carbocycles. The molecule has 2 N–H and O–H groups in total. The van der Waals surface area contributed by atoms with Gasteiger partial charge in [0.2, 0.25) is 5.91 Å². The Kier molecular flexibility index (Phi) is 4.80. The fourth-order valence-corrected chi connectivity index (χ4v) is 2.12.